The van der Waals surface area contributed by atoms with Gasteiger partial charge in [0.2, 0.25) is 0 Å². The zero-order valence-electron chi connectivity index (χ0n) is 11.7. The maximum atomic E-state index is 5.66. The number of rotatable bonds is 3. The SMILES string of the molecule is CNC(CN1CC(C)OCC1C)C(C)(C)C. The van der Waals surface area contributed by atoms with Crippen LogP contribution < -0.4 is 5.32 Å². The van der Waals surface area contributed by atoms with Crippen molar-refractivity contribution in [3.05, 3.63) is 0 Å². The molecule has 1 aliphatic rings. The maximum absolute atomic E-state index is 5.66. The van der Waals surface area contributed by atoms with E-state index in [1.54, 1.807) is 0 Å². The summed E-state index contributed by atoms with van der Waals surface area (Å²) < 4.78 is 5.66. The Balaban J connectivity index is 2.56. The first kappa shape index (κ1) is 13.9. The summed E-state index contributed by atoms with van der Waals surface area (Å²) in [6.07, 6.45) is 0.369. The second-order valence-corrected chi connectivity index (χ2v) is 6.15. The van der Waals surface area contributed by atoms with Gasteiger partial charge in [0.15, 0.2) is 0 Å². The van der Waals surface area contributed by atoms with E-state index in [9.17, 15) is 0 Å². The van der Waals surface area contributed by atoms with Crippen LogP contribution in [0.25, 0.3) is 0 Å². The van der Waals surface area contributed by atoms with Crippen molar-refractivity contribution in [3.63, 3.8) is 0 Å². The van der Waals surface area contributed by atoms with Crippen LogP contribution in [0.3, 0.4) is 0 Å². The van der Waals surface area contributed by atoms with Gasteiger partial charge in [-0.25, -0.2) is 0 Å². The van der Waals surface area contributed by atoms with Crippen LogP contribution in [0.1, 0.15) is 34.6 Å². The second-order valence-electron chi connectivity index (χ2n) is 6.15. The first-order valence-corrected chi connectivity index (χ1v) is 6.37. The summed E-state index contributed by atoms with van der Waals surface area (Å²) in [6.45, 7) is 14.3. The van der Waals surface area contributed by atoms with Crippen LogP contribution in [0.2, 0.25) is 0 Å². The number of nitrogens with zero attached hydrogens (tertiary/aromatic N) is 1. The van der Waals surface area contributed by atoms with Crippen molar-refractivity contribution < 1.29 is 4.74 Å². The van der Waals surface area contributed by atoms with Gasteiger partial charge < -0.3 is 10.1 Å². The van der Waals surface area contributed by atoms with E-state index in [2.05, 4.69) is 51.9 Å². The van der Waals surface area contributed by atoms with Gasteiger partial charge in [0.1, 0.15) is 0 Å². The maximum Gasteiger partial charge on any atom is 0.0674 e. The molecule has 1 rings (SSSR count). The second kappa shape index (κ2) is 5.48. The van der Waals surface area contributed by atoms with Gasteiger partial charge in [-0.05, 0) is 26.3 Å². The van der Waals surface area contributed by atoms with Crippen LogP contribution in [0.5, 0.6) is 0 Å². The van der Waals surface area contributed by atoms with Gasteiger partial charge in [0.05, 0.1) is 12.7 Å². The monoisotopic (exact) mass is 228 g/mol. The highest BCUT2D eigenvalue weighted by atomic mass is 16.5. The molecule has 1 heterocycles. The fourth-order valence-electron chi connectivity index (χ4n) is 2.26. The summed E-state index contributed by atoms with van der Waals surface area (Å²) >= 11 is 0. The molecule has 0 aromatic heterocycles. The van der Waals surface area contributed by atoms with E-state index in [1.165, 1.54) is 0 Å². The average molecular weight is 228 g/mol. The quantitative estimate of drug-likeness (QED) is 0.796. The molecule has 0 aromatic carbocycles. The molecule has 96 valence electrons. The summed E-state index contributed by atoms with van der Waals surface area (Å²) in [5, 5.41) is 3.44. The summed E-state index contributed by atoms with van der Waals surface area (Å²) in [5.74, 6) is 0. The van der Waals surface area contributed by atoms with Crippen LogP contribution in [0, 0.1) is 5.41 Å². The minimum Gasteiger partial charge on any atom is -0.376 e. The highest BCUT2D eigenvalue weighted by Crippen LogP contribution is 2.22. The van der Waals surface area contributed by atoms with Gasteiger partial charge in [-0.2, -0.15) is 0 Å². The van der Waals surface area contributed by atoms with E-state index < -0.39 is 0 Å². The van der Waals surface area contributed by atoms with E-state index in [0.717, 1.165) is 19.7 Å². The molecule has 0 aliphatic carbocycles. The van der Waals surface area contributed by atoms with Crippen LogP contribution in [-0.2, 0) is 4.74 Å². The molecular weight excluding hydrogens is 200 g/mol. The van der Waals surface area contributed by atoms with E-state index in [0.29, 0.717) is 23.6 Å². The molecule has 3 nitrogen and oxygen atoms in total. The van der Waals surface area contributed by atoms with Gasteiger partial charge in [0.25, 0.3) is 0 Å². The summed E-state index contributed by atoms with van der Waals surface area (Å²) in [6, 6.07) is 1.06. The predicted octanol–water partition coefficient (Wildman–Crippen LogP) is 1.73. The minimum absolute atomic E-state index is 0.302. The molecule has 0 aromatic rings. The minimum atomic E-state index is 0.302. The Kier molecular flexibility index (Phi) is 4.77. The third-order valence-corrected chi connectivity index (χ3v) is 3.55. The highest BCUT2D eigenvalue weighted by Gasteiger charge is 2.30. The van der Waals surface area contributed by atoms with Crippen LogP contribution in [0.15, 0.2) is 0 Å². The van der Waals surface area contributed by atoms with E-state index >= 15 is 0 Å². The number of morpholine rings is 1. The zero-order chi connectivity index (χ0) is 12.3. The largest absolute Gasteiger partial charge is 0.376 e. The number of likely N-dealkylation sites (N-methyl/N-ethyl adjacent to an activating group) is 1. The number of nitrogens with one attached hydrogen (secondary N) is 1. The Morgan fingerprint density at radius 2 is 2.00 bits per heavy atom. The van der Waals surface area contributed by atoms with E-state index in [4.69, 9.17) is 4.74 Å². The predicted molar refractivity (Wildman–Crippen MR) is 68.8 cm³/mol. The first-order valence-electron chi connectivity index (χ1n) is 6.37. The molecule has 0 amide bonds. The lowest BCUT2D eigenvalue weighted by Crippen LogP contribution is -2.54. The fraction of sp³-hybridized carbons (Fsp3) is 1.00. The normalized spacial score (nSPS) is 30.4. The van der Waals surface area contributed by atoms with Crippen LogP contribution in [-0.4, -0.2) is 49.8 Å². The molecule has 3 heteroatoms. The Morgan fingerprint density at radius 3 is 2.50 bits per heavy atom. The molecule has 0 bridgehead atoms. The smallest absolute Gasteiger partial charge is 0.0674 e. The summed E-state index contributed by atoms with van der Waals surface area (Å²) in [4.78, 5) is 2.54. The molecule has 1 aliphatic heterocycles. The Labute approximate surface area is 101 Å². The molecule has 16 heavy (non-hydrogen) atoms. The molecule has 0 radical (unpaired) electrons. The first-order chi connectivity index (χ1) is 7.34. The standard InChI is InChI=1S/C13H28N2O/c1-10-9-16-11(2)7-15(10)8-12(14-6)13(3,4)5/h10-12,14H,7-9H2,1-6H3. The lowest BCUT2D eigenvalue weighted by molar-refractivity contribution is -0.0555. The van der Waals surface area contributed by atoms with Gasteiger partial charge in [-0.1, -0.05) is 20.8 Å². The van der Waals surface area contributed by atoms with E-state index in [1.807, 2.05) is 0 Å². The van der Waals surface area contributed by atoms with Crippen LogP contribution >= 0.6 is 0 Å². The lowest BCUT2D eigenvalue weighted by atomic mass is 9.86. The Bertz CT molecular complexity index is 212. The van der Waals surface area contributed by atoms with Crippen molar-refractivity contribution >= 4 is 0 Å². The topological polar surface area (TPSA) is 24.5 Å². The highest BCUT2D eigenvalue weighted by molar-refractivity contribution is 4.86. The number of ether oxygens (including phenoxy) is 1. The van der Waals surface area contributed by atoms with Gasteiger partial charge in [-0.15, -0.1) is 0 Å². The fourth-order valence-corrected chi connectivity index (χ4v) is 2.26. The van der Waals surface area contributed by atoms with Crippen molar-refractivity contribution in [3.8, 4) is 0 Å². The summed E-state index contributed by atoms with van der Waals surface area (Å²) in [7, 11) is 2.06. The zero-order valence-corrected chi connectivity index (χ0v) is 11.7. The molecule has 3 atom stereocenters. The van der Waals surface area contributed by atoms with Gasteiger partial charge in [-0.3, -0.25) is 4.90 Å². The third-order valence-electron chi connectivity index (χ3n) is 3.55. The lowest BCUT2D eigenvalue weighted by Gasteiger charge is -2.41. The molecule has 1 N–H and O–H groups in total. The van der Waals surface area contributed by atoms with Crippen LogP contribution in [0.4, 0.5) is 0 Å². The molecule has 1 saturated heterocycles. The van der Waals surface area contributed by atoms with E-state index in [-0.39, 0.29) is 0 Å². The molecular formula is C13H28N2O. The Morgan fingerprint density at radius 1 is 1.38 bits per heavy atom. The molecule has 0 spiro atoms. The van der Waals surface area contributed by atoms with Crippen molar-refractivity contribution in [2.24, 2.45) is 5.41 Å². The molecule has 3 unspecified atom stereocenters. The summed E-state index contributed by atoms with van der Waals surface area (Å²) in [5.41, 5.74) is 0.302. The Hall–Kier alpha value is -0.120. The van der Waals surface area contributed by atoms with Gasteiger partial charge >= 0.3 is 0 Å². The van der Waals surface area contributed by atoms with Crippen molar-refractivity contribution in [1.29, 1.82) is 0 Å². The number of hydrogen-bond donors (Lipinski definition) is 1. The molecule has 1 fully saturated rings. The number of hydrogen-bond acceptors (Lipinski definition) is 3. The van der Waals surface area contributed by atoms with Crippen molar-refractivity contribution in [2.45, 2.75) is 52.8 Å². The molecule has 0 saturated carbocycles. The van der Waals surface area contributed by atoms with Crippen molar-refractivity contribution in [2.75, 3.05) is 26.7 Å². The van der Waals surface area contributed by atoms with Gasteiger partial charge in [0, 0.05) is 25.2 Å². The third kappa shape index (κ3) is 3.72. The van der Waals surface area contributed by atoms with Crippen molar-refractivity contribution in [1.82, 2.24) is 10.2 Å². The average Bonchev–Trinajstić information content (AvgIpc) is 2.17.